The molecule has 0 unspecified atom stereocenters. The summed E-state index contributed by atoms with van der Waals surface area (Å²) in [5, 5.41) is 3.14. The van der Waals surface area contributed by atoms with Gasteiger partial charge in [-0.2, -0.15) is 0 Å². The Balaban J connectivity index is 1.85. The van der Waals surface area contributed by atoms with E-state index in [9.17, 15) is 9.59 Å². The second kappa shape index (κ2) is 5.37. The largest absolute Gasteiger partial charge is 0.497 e. The molecule has 2 heterocycles. The van der Waals surface area contributed by atoms with Crippen molar-refractivity contribution in [2.75, 3.05) is 12.4 Å². The summed E-state index contributed by atoms with van der Waals surface area (Å²) in [6.45, 7) is 0. The fourth-order valence-electron chi connectivity index (χ4n) is 1.74. The third-order valence-electron chi connectivity index (χ3n) is 2.78. The van der Waals surface area contributed by atoms with Gasteiger partial charge >= 0.3 is 5.63 Å². The molecule has 3 aromatic rings. The molecule has 2 aromatic heterocycles. The molecule has 0 bridgehead atoms. The Morgan fingerprint density at radius 2 is 2.19 bits per heavy atom. The first-order chi connectivity index (χ1) is 10.2. The maximum Gasteiger partial charge on any atom is 0.335 e. The Kier molecular flexibility index (Phi) is 3.41. The summed E-state index contributed by atoms with van der Waals surface area (Å²) in [6, 6.07) is 8.07. The number of methoxy groups -OCH3 is 1. The summed E-state index contributed by atoms with van der Waals surface area (Å²) >= 11 is 1.34. The van der Waals surface area contributed by atoms with E-state index in [2.05, 4.69) is 14.7 Å². The number of fused-ring (bicyclic) bond motifs is 1. The average molecular weight is 302 g/mol. The molecule has 1 amide bonds. The number of nitrogens with one attached hydrogen (secondary N) is 1. The van der Waals surface area contributed by atoms with Gasteiger partial charge in [0, 0.05) is 6.07 Å². The lowest BCUT2D eigenvalue weighted by Gasteiger charge is -1.99. The van der Waals surface area contributed by atoms with Crippen LogP contribution in [-0.4, -0.2) is 18.0 Å². The van der Waals surface area contributed by atoms with Crippen LogP contribution in [-0.2, 0) is 0 Å². The van der Waals surface area contributed by atoms with Crippen LogP contribution in [0.15, 0.2) is 45.8 Å². The van der Waals surface area contributed by atoms with E-state index in [0.717, 1.165) is 22.2 Å². The van der Waals surface area contributed by atoms with E-state index >= 15 is 0 Å². The standard InChI is InChI=1S/C14H10N2O4S/c1-19-9-3-4-10-11(6-9)21-14(15-10)16-13(18)8-2-5-12(17)20-7-8/h2-7H,1H3,(H,15,16,18). The molecular weight excluding hydrogens is 292 g/mol. The van der Waals surface area contributed by atoms with Crippen LogP contribution in [0.2, 0.25) is 0 Å². The summed E-state index contributed by atoms with van der Waals surface area (Å²) in [4.78, 5) is 27.2. The van der Waals surface area contributed by atoms with Gasteiger partial charge in [0.2, 0.25) is 0 Å². The number of carbonyl (C=O) groups excluding carboxylic acids is 1. The molecule has 0 saturated heterocycles. The summed E-state index contributed by atoms with van der Waals surface area (Å²) in [5.74, 6) is 0.346. The van der Waals surface area contributed by atoms with Gasteiger partial charge in [-0.05, 0) is 24.3 Å². The van der Waals surface area contributed by atoms with Crippen molar-refractivity contribution in [3.63, 3.8) is 0 Å². The molecule has 1 aromatic carbocycles. The van der Waals surface area contributed by atoms with Gasteiger partial charge in [0.25, 0.3) is 5.91 Å². The lowest BCUT2D eigenvalue weighted by molar-refractivity contribution is 0.102. The zero-order valence-electron chi connectivity index (χ0n) is 11.0. The molecule has 0 aliphatic rings. The first-order valence-electron chi connectivity index (χ1n) is 6.00. The molecule has 0 aliphatic carbocycles. The molecule has 0 aliphatic heterocycles. The number of thiazole rings is 1. The Hall–Kier alpha value is -2.67. The number of anilines is 1. The molecule has 7 heteroatoms. The van der Waals surface area contributed by atoms with Gasteiger partial charge in [-0.1, -0.05) is 11.3 Å². The van der Waals surface area contributed by atoms with Crippen molar-refractivity contribution >= 4 is 32.6 Å². The predicted molar refractivity (Wildman–Crippen MR) is 79.1 cm³/mol. The Labute approximate surface area is 123 Å². The van der Waals surface area contributed by atoms with E-state index in [4.69, 9.17) is 4.74 Å². The molecule has 1 N–H and O–H groups in total. The zero-order chi connectivity index (χ0) is 14.8. The van der Waals surface area contributed by atoms with Crippen LogP contribution in [0.3, 0.4) is 0 Å². The molecule has 106 valence electrons. The van der Waals surface area contributed by atoms with Crippen molar-refractivity contribution in [3.05, 3.63) is 52.6 Å². The quantitative estimate of drug-likeness (QED) is 0.804. The minimum absolute atomic E-state index is 0.256. The highest BCUT2D eigenvalue weighted by Crippen LogP contribution is 2.29. The highest BCUT2D eigenvalue weighted by molar-refractivity contribution is 7.22. The SMILES string of the molecule is COc1ccc2nc(NC(=O)c3ccc(=O)oc3)sc2c1. The molecule has 0 atom stereocenters. The number of ether oxygens (including phenoxy) is 1. The predicted octanol–water partition coefficient (Wildman–Crippen LogP) is 2.51. The van der Waals surface area contributed by atoms with Gasteiger partial charge in [-0.15, -0.1) is 0 Å². The van der Waals surface area contributed by atoms with Crippen LogP contribution >= 0.6 is 11.3 Å². The van der Waals surface area contributed by atoms with E-state index in [1.807, 2.05) is 12.1 Å². The van der Waals surface area contributed by atoms with Crippen molar-refractivity contribution in [2.24, 2.45) is 0 Å². The number of amides is 1. The first kappa shape index (κ1) is 13.3. The van der Waals surface area contributed by atoms with E-state index in [1.54, 1.807) is 13.2 Å². The fraction of sp³-hybridized carbons (Fsp3) is 0.0714. The Morgan fingerprint density at radius 3 is 2.90 bits per heavy atom. The van der Waals surface area contributed by atoms with Gasteiger partial charge in [-0.3, -0.25) is 10.1 Å². The summed E-state index contributed by atoms with van der Waals surface area (Å²) < 4.78 is 10.7. The fourth-order valence-corrected chi connectivity index (χ4v) is 2.63. The van der Waals surface area contributed by atoms with Gasteiger partial charge in [0.1, 0.15) is 12.0 Å². The van der Waals surface area contributed by atoms with E-state index in [1.165, 1.54) is 23.5 Å². The second-order valence-corrected chi connectivity index (χ2v) is 5.18. The van der Waals surface area contributed by atoms with Crippen molar-refractivity contribution in [2.45, 2.75) is 0 Å². The molecule has 6 nitrogen and oxygen atoms in total. The molecule has 0 fully saturated rings. The second-order valence-electron chi connectivity index (χ2n) is 4.15. The van der Waals surface area contributed by atoms with E-state index < -0.39 is 5.63 Å². The summed E-state index contributed by atoms with van der Waals surface area (Å²) in [5.41, 5.74) is 0.528. The van der Waals surface area contributed by atoms with Crippen LogP contribution in [0.5, 0.6) is 5.75 Å². The van der Waals surface area contributed by atoms with Gasteiger partial charge in [-0.25, -0.2) is 9.78 Å². The molecule has 0 spiro atoms. The highest BCUT2D eigenvalue weighted by atomic mass is 32.1. The lowest BCUT2D eigenvalue weighted by atomic mass is 10.3. The van der Waals surface area contributed by atoms with Gasteiger partial charge in [0.05, 0.1) is 22.9 Å². The maximum atomic E-state index is 12.0. The third-order valence-corrected chi connectivity index (χ3v) is 3.71. The monoisotopic (exact) mass is 302 g/mol. The molecule has 3 rings (SSSR count). The minimum atomic E-state index is -0.501. The zero-order valence-corrected chi connectivity index (χ0v) is 11.8. The van der Waals surface area contributed by atoms with Crippen LogP contribution in [0.1, 0.15) is 10.4 Å². The number of aromatic nitrogens is 1. The van der Waals surface area contributed by atoms with Crippen molar-refractivity contribution in [3.8, 4) is 5.75 Å². The Bertz CT molecular complexity index is 848. The van der Waals surface area contributed by atoms with Gasteiger partial charge < -0.3 is 9.15 Å². The summed E-state index contributed by atoms with van der Waals surface area (Å²) in [7, 11) is 1.59. The lowest BCUT2D eigenvalue weighted by Crippen LogP contribution is -2.12. The van der Waals surface area contributed by atoms with Crippen molar-refractivity contribution < 1.29 is 13.9 Å². The maximum absolute atomic E-state index is 12.0. The molecule has 0 radical (unpaired) electrons. The van der Waals surface area contributed by atoms with E-state index in [0.29, 0.717) is 5.13 Å². The number of hydrogen-bond donors (Lipinski definition) is 1. The number of benzene rings is 1. The minimum Gasteiger partial charge on any atom is -0.497 e. The molecule has 0 saturated carbocycles. The van der Waals surface area contributed by atoms with Gasteiger partial charge in [0.15, 0.2) is 5.13 Å². The number of carbonyl (C=O) groups is 1. The first-order valence-corrected chi connectivity index (χ1v) is 6.82. The average Bonchev–Trinajstić information content (AvgIpc) is 2.88. The van der Waals surface area contributed by atoms with Crippen molar-refractivity contribution in [1.29, 1.82) is 0 Å². The Morgan fingerprint density at radius 1 is 1.33 bits per heavy atom. The van der Waals surface area contributed by atoms with E-state index in [-0.39, 0.29) is 11.5 Å². The van der Waals surface area contributed by atoms with Crippen LogP contribution < -0.4 is 15.7 Å². The smallest absolute Gasteiger partial charge is 0.335 e. The van der Waals surface area contributed by atoms with Crippen LogP contribution in [0.4, 0.5) is 5.13 Å². The normalized spacial score (nSPS) is 10.5. The van der Waals surface area contributed by atoms with Crippen LogP contribution in [0.25, 0.3) is 10.2 Å². The number of rotatable bonds is 3. The number of nitrogens with zero attached hydrogens (tertiary/aromatic N) is 1. The highest BCUT2D eigenvalue weighted by Gasteiger charge is 2.11. The molecular formula is C14H10N2O4S. The summed E-state index contributed by atoms with van der Waals surface area (Å²) in [6.07, 6.45) is 1.12. The van der Waals surface area contributed by atoms with Crippen LogP contribution in [0, 0.1) is 0 Å². The topological polar surface area (TPSA) is 81.4 Å². The third kappa shape index (κ3) is 2.77. The molecule has 21 heavy (non-hydrogen) atoms. The van der Waals surface area contributed by atoms with Crippen molar-refractivity contribution in [1.82, 2.24) is 4.98 Å². The number of hydrogen-bond acceptors (Lipinski definition) is 6.